The molecule has 3 N–H and O–H groups in total. The second kappa shape index (κ2) is 6.94. The lowest BCUT2D eigenvalue weighted by molar-refractivity contribution is -0.385. The van der Waals surface area contributed by atoms with Crippen LogP contribution in [0.3, 0.4) is 0 Å². The molecular formula is C13H21N3O3. The van der Waals surface area contributed by atoms with E-state index < -0.39 is 4.92 Å². The number of nitro groups is 1. The second-order valence-corrected chi connectivity index (χ2v) is 4.77. The number of nitrogens with zero attached hydrogens (tertiary/aromatic N) is 1. The van der Waals surface area contributed by atoms with Crippen LogP contribution in [0.2, 0.25) is 0 Å². The van der Waals surface area contributed by atoms with Crippen LogP contribution in [0.1, 0.15) is 27.2 Å². The lowest BCUT2D eigenvalue weighted by atomic mass is 10.2. The number of ether oxygens (including phenoxy) is 1. The Kier molecular flexibility index (Phi) is 5.57. The van der Waals surface area contributed by atoms with Crippen LogP contribution in [0.25, 0.3) is 0 Å². The highest BCUT2D eigenvalue weighted by molar-refractivity contribution is 5.68. The molecule has 0 aliphatic carbocycles. The molecular weight excluding hydrogens is 246 g/mol. The molecule has 0 radical (unpaired) electrons. The number of para-hydroxylation sites is 1. The fraction of sp³-hybridized carbons (Fsp3) is 0.538. The molecule has 0 aliphatic rings. The van der Waals surface area contributed by atoms with E-state index in [1.807, 2.05) is 20.8 Å². The molecule has 6 heteroatoms. The Morgan fingerprint density at radius 1 is 1.42 bits per heavy atom. The van der Waals surface area contributed by atoms with E-state index >= 15 is 0 Å². The molecule has 0 saturated carbocycles. The minimum Gasteiger partial charge on any atom is -0.484 e. The monoisotopic (exact) mass is 267 g/mol. The molecule has 0 aromatic heterocycles. The average Bonchev–Trinajstić information content (AvgIpc) is 2.27. The van der Waals surface area contributed by atoms with Gasteiger partial charge in [-0.15, -0.1) is 0 Å². The third-order valence-corrected chi connectivity index (χ3v) is 2.46. The summed E-state index contributed by atoms with van der Waals surface area (Å²) in [5.74, 6) is 0.283. The van der Waals surface area contributed by atoms with Crippen LogP contribution in [0.5, 0.6) is 5.75 Å². The van der Waals surface area contributed by atoms with Crippen molar-refractivity contribution >= 4 is 11.4 Å². The molecule has 1 unspecified atom stereocenters. The van der Waals surface area contributed by atoms with Crippen molar-refractivity contribution in [2.75, 3.05) is 11.9 Å². The first-order valence-corrected chi connectivity index (χ1v) is 6.35. The smallest absolute Gasteiger partial charge is 0.333 e. The summed E-state index contributed by atoms with van der Waals surface area (Å²) in [7, 11) is 0. The summed E-state index contributed by atoms with van der Waals surface area (Å²) in [4.78, 5) is 10.8. The quantitative estimate of drug-likeness (QED) is 0.585. The van der Waals surface area contributed by atoms with Crippen molar-refractivity contribution in [1.29, 1.82) is 0 Å². The van der Waals surface area contributed by atoms with Gasteiger partial charge in [-0.3, -0.25) is 10.1 Å². The van der Waals surface area contributed by atoms with Gasteiger partial charge in [0.25, 0.3) is 0 Å². The van der Waals surface area contributed by atoms with E-state index in [1.165, 1.54) is 0 Å². The number of hydrogen-bond donors (Lipinski definition) is 2. The van der Waals surface area contributed by atoms with E-state index in [-0.39, 0.29) is 23.6 Å². The van der Waals surface area contributed by atoms with Crippen molar-refractivity contribution in [2.45, 2.75) is 39.3 Å². The fourth-order valence-corrected chi connectivity index (χ4v) is 1.64. The number of nitro benzene ring substituents is 1. The molecule has 0 aliphatic heterocycles. The largest absolute Gasteiger partial charge is 0.484 e. The molecule has 106 valence electrons. The number of hydrogen-bond acceptors (Lipinski definition) is 5. The second-order valence-electron chi connectivity index (χ2n) is 4.77. The molecule has 6 nitrogen and oxygen atoms in total. The van der Waals surface area contributed by atoms with Crippen LogP contribution < -0.4 is 15.8 Å². The normalized spacial score (nSPS) is 12.3. The maximum Gasteiger partial charge on any atom is 0.333 e. The van der Waals surface area contributed by atoms with Crippen LogP contribution >= 0.6 is 0 Å². The summed E-state index contributed by atoms with van der Waals surface area (Å²) < 4.78 is 5.47. The fourth-order valence-electron chi connectivity index (χ4n) is 1.64. The Hall–Kier alpha value is -1.82. The van der Waals surface area contributed by atoms with Gasteiger partial charge in [0.15, 0.2) is 5.75 Å². The van der Waals surface area contributed by atoms with Crippen molar-refractivity contribution in [1.82, 2.24) is 0 Å². The SMILES string of the molecule is CC(N)CCNc1cccc(OC(C)C)c1[N+](=O)[O-]. The first-order valence-electron chi connectivity index (χ1n) is 6.35. The number of anilines is 1. The van der Waals surface area contributed by atoms with Crippen LogP contribution in [0.4, 0.5) is 11.4 Å². The highest BCUT2D eigenvalue weighted by Crippen LogP contribution is 2.35. The Labute approximate surface area is 113 Å². The third-order valence-electron chi connectivity index (χ3n) is 2.46. The zero-order valence-corrected chi connectivity index (χ0v) is 11.6. The van der Waals surface area contributed by atoms with Crippen molar-refractivity contribution < 1.29 is 9.66 Å². The van der Waals surface area contributed by atoms with Gasteiger partial charge in [-0.05, 0) is 39.3 Å². The molecule has 0 heterocycles. The van der Waals surface area contributed by atoms with Gasteiger partial charge < -0.3 is 15.8 Å². The number of nitrogens with one attached hydrogen (secondary N) is 1. The molecule has 0 saturated heterocycles. The Morgan fingerprint density at radius 2 is 2.11 bits per heavy atom. The summed E-state index contributed by atoms with van der Waals surface area (Å²) >= 11 is 0. The summed E-state index contributed by atoms with van der Waals surface area (Å²) in [6.07, 6.45) is 0.630. The van der Waals surface area contributed by atoms with Gasteiger partial charge in [0.05, 0.1) is 11.0 Å². The van der Waals surface area contributed by atoms with Gasteiger partial charge in [0, 0.05) is 12.6 Å². The number of rotatable bonds is 7. The first-order chi connectivity index (χ1) is 8.91. The Morgan fingerprint density at radius 3 is 2.63 bits per heavy atom. The molecule has 1 atom stereocenters. The summed E-state index contributed by atoms with van der Waals surface area (Å²) in [5, 5.41) is 14.2. The highest BCUT2D eigenvalue weighted by atomic mass is 16.6. The highest BCUT2D eigenvalue weighted by Gasteiger charge is 2.21. The van der Waals surface area contributed by atoms with Crippen LogP contribution in [0.15, 0.2) is 18.2 Å². The summed E-state index contributed by atoms with van der Waals surface area (Å²) in [5.41, 5.74) is 6.09. The molecule has 0 spiro atoms. The maximum absolute atomic E-state index is 11.2. The summed E-state index contributed by atoms with van der Waals surface area (Å²) in [6.45, 7) is 6.15. The van der Waals surface area contributed by atoms with E-state index in [0.29, 0.717) is 12.2 Å². The molecule has 0 bridgehead atoms. The zero-order valence-electron chi connectivity index (χ0n) is 11.6. The Bertz CT molecular complexity index is 433. The van der Waals surface area contributed by atoms with Crippen molar-refractivity contribution in [3.05, 3.63) is 28.3 Å². The van der Waals surface area contributed by atoms with Crippen LogP contribution in [-0.2, 0) is 0 Å². The van der Waals surface area contributed by atoms with Gasteiger partial charge >= 0.3 is 5.69 Å². The first kappa shape index (κ1) is 15.2. The molecule has 19 heavy (non-hydrogen) atoms. The van der Waals surface area contributed by atoms with Gasteiger partial charge in [-0.2, -0.15) is 0 Å². The zero-order chi connectivity index (χ0) is 14.4. The van der Waals surface area contributed by atoms with Gasteiger partial charge in [0.2, 0.25) is 0 Å². The molecule has 1 rings (SSSR count). The van der Waals surface area contributed by atoms with Gasteiger partial charge in [-0.25, -0.2) is 0 Å². The molecule has 1 aromatic carbocycles. The van der Waals surface area contributed by atoms with Crippen molar-refractivity contribution in [3.63, 3.8) is 0 Å². The predicted molar refractivity (Wildman–Crippen MR) is 75.6 cm³/mol. The molecule has 0 fully saturated rings. The lowest BCUT2D eigenvalue weighted by Gasteiger charge is -2.13. The van der Waals surface area contributed by atoms with Crippen molar-refractivity contribution in [2.24, 2.45) is 5.73 Å². The lowest BCUT2D eigenvalue weighted by Crippen LogP contribution is -2.19. The number of nitrogens with two attached hydrogens (primary N) is 1. The third kappa shape index (κ3) is 4.75. The van der Waals surface area contributed by atoms with Gasteiger partial charge in [-0.1, -0.05) is 6.07 Å². The van der Waals surface area contributed by atoms with Gasteiger partial charge in [0.1, 0.15) is 5.69 Å². The molecule has 1 aromatic rings. The predicted octanol–water partition coefficient (Wildman–Crippen LogP) is 2.53. The van der Waals surface area contributed by atoms with Crippen molar-refractivity contribution in [3.8, 4) is 5.75 Å². The van der Waals surface area contributed by atoms with E-state index in [9.17, 15) is 10.1 Å². The summed E-state index contributed by atoms with van der Waals surface area (Å²) in [6, 6.07) is 5.07. The molecule has 0 amide bonds. The number of benzene rings is 1. The van der Waals surface area contributed by atoms with E-state index in [0.717, 1.165) is 6.42 Å². The van der Waals surface area contributed by atoms with E-state index in [1.54, 1.807) is 18.2 Å². The maximum atomic E-state index is 11.2. The minimum atomic E-state index is -0.425. The average molecular weight is 267 g/mol. The van der Waals surface area contributed by atoms with E-state index in [4.69, 9.17) is 10.5 Å². The standard InChI is InChI=1S/C13H21N3O3/c1-9(2)19-12-6-4-5-11(13(12)16(17)18)15-8-7-10(3)14/h4-6,9-10,15H,7-8,14H2,1-3H3. The van der Waals surface area contributed by atoms with Crippen LogP contribution in [0, 0.1) is 10.1 Å². The van der Waals surface area contributed by atoms with Crippen LogP contribution in [-0.4, -0.2) is 23.6 Å². The topological polar surface area (TPSA) is 90.4 Å². The minimum absolute atomic E-state index is 0.0270. The Balaban J connectivity index is 2.93. The van der Waals surface area contributed by atoms with E-state index in [2.05, 4.69) is 5.32 Å².